The first-order valence-corrected chi connectivity index (χ1v) is 7.99. The molecule has 0 amide bonds. The Labute approximate surface area is 134 Å². The van der Waals surface area contributed by atoms with E-state index in [-0.39, 0.29) is 5.54 Å². The van der Waals surface area contributed by atoms with Gasteiger partial charge in [0, 0.05) is 28.7 Å². The summed E-state index contributed by atoms with van der Waals surface area (Å²) in [6.45, 7) is 9.99. The Hall–Kier alpha value is -0.930. The normalized spacial score (nSPS) is 11.5. The van der Waals surface area contributed by atoms with Crippen molar-refractivity contribution in [2.24, 2.45) is 0 Å². The molecule has 0 aliphatic carbocycles. The van der Waals surface area contributed by atoms with Crippen molar-refractivity contribution >= 4 is 11.6 Å². The molecule has 0 unspecified atom stereocenters. The van der Waals surface area contributed by atoms with Crippen molar-refractivity contribution < 1.29 is 9.47 Å². The van der Waals surface area contributed by atoms with Crippen molar-refractivity contribution in [3.8, 4) is 11.5 Å². The summed E-state index contributed by atoms with van der Waals surface area (Å²) >= 11 is 6.17. The van der Waals surface area contributed by atoms with Gasteiger partial charge in [-0.2, -0.15) is 0 Å². The van der Waals surface area contributed by atoms with E-state index in [4.69, 9.17) is 21.1 Å². The number of unbranched alkanes of at least 4 members (excludes halogenated alkanes) is 2. The van der Waals surface area contributed by atoms with Gasteiger partial charge in [-0.25, -0.2) is 0 Å². The van der Waals surface area contributed by atoms with Gasteiger partial charge in [0.25, 0.3) is 0 Å². The third-order valence-corrected chi connectivity index (χ3v) is 3.34. The zero-order chi connectivity index (χ0) is 15.9. The highest BCUT2D eigenvalue weighted by atomic mass is 35.5. The Bertz CT molecular complexity index is 441. The van der Waals surface area contributed by atoms with Gasteiger partial charge in [-0.1, -0.05) is 31.4 Å². The van der Waals surface area contributed by atoms with Crippen LogP contribution in [0, 0.1) is 0 Å². The first kappa shape index (κ1) is 18.1. The zero-order valence-electron chi connectivity index (χ0n) is 13.9. The molecule has 0 saturated carbocycles. The Morgan fingerprint density at radius 1 is 1.19 bits per heavy atom. The summed E-state index contributed by atoms with van der Waals surface area (Å²) in [5, 5.41) is 4.13. The van der Waals surface area contributed by atoms with Crippen molar-refractivity contribution in [1.29, 1.82) is 0 Å². The van der Waals surface area contributed by atoms with Crippen LogP contribution in [0.5, 0.6) is 11.5 Å². The molecule has 120 valence electrons. The monoisotopic (exact) mass is 313 g/mol. The van der Waals surface area contributed by atoms with Gasteiger partial charge >= 0.3 is 0 Å². The zero-order valence-corrected chi connectivity index (χ0v) is 14.6. The summed E-state index contributed by atoms with van der Waals surface area (Å²) in [6.07, 6.45) is 3.40. The van der Waals surface area contributed by atoms with Crippen molar-refractivity contribution in [1.82, 2.24) is 5.32 Å². The molecule has 0 aliphatic heterocycles. The van der Waals surface area contributed by atoms with Gasteiger partial charge in [-0.3, -0.25) is 0 Å². The van der Waals surface area contributed by atoms with E-state index in [0.29, 0.717) is 23.9 Å². The summed E-state index contributed by atoms with van der Waals surface area (Å²) in [7, 11) is 1.64. The van der Waals surface area contributed by atoms with E-state index in [2.05, 4.69) is 33.0 Å². The predicted octanol–water partition coefficient (Wildman–Crippen LogP) is 4.81. The number of ether oxygens (including phenoxy) is 2. The van der Waals surface area contributed by atoms with E-state index in [1.54, 1.807) is 13.2 Å². The van der Waals surface area contributed by atoms with Crippen molar-refractivity contribution in [3.63, 3.8) is 0 Å². The van der Waals surface area contributed by atoms with Crippen LogP contribution in [0.1, 0.15) is 52.5 Å². The number of nitrogens with one attached hydrogen (secondary N) is 1. The molecule has 0 aromatic heterocycles. The number of hydrogen-bond donors (Lipinski definition) is 1. The second-order valence-corrected chi connectivity index (χ2v) is 6.69. The Morgan fingerprint density at radius 2 is 1.90 bits per heavy atom. The average Bonchev–Trinajstić information content (AvgIpc) is 2.41. The molecule has 1 rings (SSSR count). The molecule has 0 fully saturated rings. The maximum absolute atomic E-state index is 6.17. The molecule has 0 spiro atoms. The van der Waals surface area contributed by atoms with Gasteiger partial charge in [-0.05, 0) is 33.3 Å². The molecule has 0 aliphatic rings. The number of hydrogen-bond acceptors (Lipinski definition) is 3. The maximum atomic E-state index is 6.17. The summed E-state index contributed by atoms with van der Waals surface area (Å²) in [5.41, 5.74) is 1.07. The molecule has 1 aromatic carbocycles. The van der Waals surface area contributed by atoms with E-state index in [9.17, 15) is 0 Å². The minimum absolute atomic E-state index is 0.0367. The second-order valence-electron chi connectivity index (χ2n) is 6.26. The lowest BCUT2D eigenvalue weighted by Gasteiger charge is -2.22. The van der Waals surface area contributed by atoms with E-state index >= 15 is 0 Å². The fourth-order valence-corrected chi connectivity index (χ4v) is 2.19. The summed E-state index contributed by atoms with van der Waals surface area (Å²) < 4.78 is 11.4. The molecule has 4 heteroatoms. The topological polar surface area (TPSA) is 30.5 Å². The highest BCUT2D eigenvalue weighted by Crippen LogP contribution is 2.35. The van der Waals surface area contributed by atoms with Crippen LogP contribution in [-0.4, -0.2) is 19.3 Å². The van der Waals surface area contributed by atoms with Gasteiger partial charge in [0.15, 0.2) is 11.5 Å². The number of methoxy groups -OCH3 is 1. The molecule has 0 atom stereocenters. The highest BCUT2D eigenvalue weighted by Gasteiger charge is 2.15. The van der Waals surface area contributed by atoms with Gasteiger partial charge in [-0.15, -0.1) is 0 Å². The van der Waals surface area contributed by atoms with Gasteiger partial charge in [0.2, 0.25) is 0 Å². The van der Waals surface area contributed by atoms with Crippen LogP contribution in [0.4, 0.5) is 0 Å². The molecule has 21 heavy (non-hydrogen) atoms. The Balaban J connectivity index is 2.88. The minimum Gasteiger partial charge on any atom is -0.493 e. The lowest BCUT2D eigenvalue weighted by Crippen LogP contribution is -2.35. The summed E-state index contributed by atoms with van der Waals surface area (Å²) in [6, 6.07) is 3.75. The van der Waals surface area contributed by atoms with E-state index < -0.39 is 0 Å². The van der Waals surface area contributed by atoms with Gasteiger partial charge in [0.05, 0.1) is 13.7 Å². The molecular formula is C17H28ClNO2. The number of rotatable bonds is 8. The van der Waals surface area contributed by atoms with E-state index in [1.165, 1.54) is 12.8 Å². The molecule has 0 heterocycles. The quantitative estimate of drug-likeness (QED) is 0.699. The second kappa shape index (κ2) is 8.50. The van der Waals surface area contributed by atoms with Crippen LogP contribution >= 0.6 is 11.6 Å². The molecule has 1 aromatic rings. The SMILES string of the molecule is CCCCCOc1c(CNC(C)(C)C)cc(Cl)cc1OC. The predicted molar refractivity (Wildman–Crippen MR) is 89.6 cm³/mol. The van der Waals surface area contributed by atoms with Crippen LogP contribution < -0.4 is 14.8 Å². The molecule has 0 bridgehead atoms. The largest absolute Gasteiger partial charge is 0.493 e. The van der Waals surface area contributed by atoms with Crippen molar-refractivity contribution in [3.05, 3.63) is 22.7 Å². The molecule has 1 N–H and O–H groups in total. The molecular weight excluding hydrogens is 286 g/mol. The van der Waals surface area contributed by atoms with Crippen LogP contribution in [0.15, 0.2) is 12.1 Å². The third-order valence-electron chi connectivity index (χ3n) is 3.12. The maximum Gasteiger partial charge on any atom is 0.165 e. The van der Waals surface area contributed by atoms with Crippen molar-refractivity contribution in [2.45, 2.75) is 59.0 Å². The fourth-order valence-electron chi connectivity index (χ4n) is 1.96. The average molecular weight is 314 g/mol. The first-order chi connectivity index (χ1) is 9.87. The smallest absolute Gasteiger partial charge is 0.165 e. The molecule has 0 radical (unpaired) electrons. The number of benzene rings is 1. The lowest BCUT2D eigenvalue weighted by molar-refractivity contribution is 0.281. The standard InChI is InChI=1S/C17H28ClNO2/c1-6-7-8-9-21-16-13(12-19-17(2,3)4)10-14(18)11-15(16)20-5/h10-11,19H,6-9,12H2,1-5H3. The first-order valence-electron chi connectivity index (χ1n) is 7.61. The van der Waals surface area contributed by atoms with Crippen molar-refractivity contribution in [2.75, 3.05) is 13.7 Å². The van der Waals surface area contributed by atoms with Gasteiger partial charge < -0.3 is 14.8 Å². The fraction of sp³-hybridized carbons (Fsp3) is 0.647. The molecule has 3 nitrogen and oxygen atoms in total. The highest BCUT2D eigenvalue weighted by molar-refractivity contribution is 6.30. The van der Waals surface area contributed by atoms with Crippen LogP contribution in [0.2, 0.25) is 5.02 Å². The Kier molecular flexibility index (Phi) is 7.33. The van der Waals surface area contributed by atoms with E-state index in [1.807, 2.05) is 6.07 Å². The molecule has 0 saturated heterocycles. The Morgan fingerprint density at radius 3 is 2.48 bits per heavy atom. The van der Waals surface area contributed by atoms with Crippen LogP contribution in [0.3, 0.4) is 0 Å². The lowest BCUT2D eigenvalue weighted by atomic mass is 10.1. The van der Waals surface area contributed by atoms with Gasteiger partial charge in [0.1, 0.15) is 0 Å². The third kappa shape index (κ3) is 6.58. The summed E-state index contributed by atoms with van der Waals surface area (Å²) in [5.74, 6) is 1.50. The van der Waals surface area contributed by atoms with Crippen LogP contribution in [-0.2, 0) is 6.54 Å². The van der Waals surface area contributed by atoms with Crippen LogP contribution in [0.25, 0.3) is 0 Å². The minimum atomic E-state index is 0.0367. The van der Waals surface area contributed by atoms with E-state index in [0.717, 1.165) is 17.7 Å². The summed E-state index contributed by atoms with van der Waals surface area (Å²) in [4.78, 5) is 0. The number of halogens is 1.